The van der Waals surface area contributed by atoms with Gasteiger partial charge in [0.05, 0.1) is 10.6 Å². The average molecular weight is 325 g/mol. The maximum atomic E-state index is 13.7. The Morgan fingerprint density at radius 2 is 2.10 bits per heavy atom. The molecule has 1 aromatic carbocycles. The first-order chi connectivity index (χ1) is 9.02. The number of hydrogen-bond donors (Lipinski definition) is 1. The number of likely N-dealkylation sites (tertiary alicyclic amines) is 1. The Hall–Kier alpha value is -0.910. The molecule has 1 N–H and O–H groups in total. The van der Waals surface area contributed by atoms with Gasteiger partial charge in [-0.3, -0.25) is 4.79 Å². The van der Waals surface area contributed by atoms with E-state index in [9.17, 15) is 13.6 Å². The quantitative estimate of drug-likeness (QED) is 0.848. The van der Waals surface area contributed by atoms with Crippen LogP contribution >= 0.6 is 24.0 Å². The molecular weight excluding hydrogens is 309 g/mol. The van der Waals surface area contributed by atoms with Crippen LogP contribution in [0.2, 0.25) is 5.02 Å². The van der Waals surface area contributed by atoms with E-state index < -0.39 is 17.5 Å². The number of carbonyl (C=O) groups is 1. The summed E-state index contributed by atoms with van der Waals surface area (Å²) >= 11 is 5.47. The molecular formula is C13H16Cl2F2N2O. The Bertz CT molecular complexity index is 500. The van der Waals surface area contributed by atoms with Crippen LogP contribution in [0.5, 0.6) is 0 Å². The molecule has 1 unspecified atom stereocenters. The highest BCUT2D eigenvalue weighted by Crippen LogP contribution is 2.22. The van der Waals surface area contributed by atoms with E-state index in [1.54, 1.807) is 0 Å². The lowest BCUT2D eigenvalue weighted by Gasteiger charge is -2.32. The standard InChI is InChI=1S/C13H15ClF2N2O.ClH/c1-17-8-3-2-4-18(7-8)13(19)9-5-12(16)10(14)6-11(9)15;/h5-6,8,17H,2-4,7H2,1H3;1H. The van der Waals surface area contributed by atoms with E-state index in [-0.39, 0.29) is 29.0 Å². The molecule has 2 rings (SSSR count). The third kappa shape index (κ3) is 3.59. The smallest absolute Gasteiger partial charge is 0.256 e. The van der Waals surface area contributed by atoms with Crippen molar-refractivity contribution in [1.82, 2.24) is 10.2 Å². The number of hydrogen-bond acceptors (Lipinski definition) is 2. The number of amides is 1. The number of carbonyl (C=O) groups excluding carboxylic acids is 1. The van der Waals surface area contributed by atoms with E-state index >= 15 is 0 Å². The number of benzene rings is 1. The van der Waals surface area contributed by atoms with Gasteiger partial charge in [0.15, 0.2) is 0 Å². The molecule has 1 heterocycles. The Kier molecular flexibility index (Phi) is 6.17. The number of halogens is 4. The summed E-state index contributed by atoms with van der Waals surface area (Å²) in [7, 11) is 1.82. The summed E-state index contributed by atoms with van der Waals surface area (Å²) in [4.78, 5) is 13.7. The number of piperidine rings is 1. The molecule has 7 heteroatoms. The summed E-state index contributed by atoms with van der Waals surface area (Å²) in [6.07, 6.45) is 1.81. The molecule has 1 aliphatic heterocycles. The zero-order valence-electron chi connectivity index (χ0n) is 11.0. The van der Waals surface area contributed by atoms with Crippen molar-refractivity contribution >= 4 is 29.9 Å². The van der Waals surface area contributed by atoms with Crippen LogP contribution in [0.25, 0.3) is 0 Å². The summed E-state index contributed by atoms with van der Waals surface area (Å²) in [5, 5.41) is 2.77. The second kappa shape index (κ2) is 7.20. The molecule has 1 aliphatic rings. The van der Waals surface area contributed by atoms with Gasteiger partial charge in [-0.05, 0) is 32.0 Å². The van der Waals surface area contributed by atoms with Gasteiger partial charge in [-0.15, -0.1) is 12.4 Å². The van der Waals surface area contributed by atoms with Crippen LogP contribution in [0.3, 0.4) is 0 Å². The highest BCUT2D eigenvalue weighted by molar-refractivity contribution is 6.30. The summed E-state index contributed by atoms with van der Waals surface area (Å²) < 4.78 is 27.0. The molecule has 0 saturated carbocycles. The van der Waals surface area contributed by atoms with Crippen LogP contribution < -0.4 is 5.32 Å². The van der Waals surface area contributed by atoms with Crippen molar-refractivity contribution in [3.63, 3.8) is 0 Å². The molecule has 1 aromatic rings. The van der Waals surface area contributed by atoms with Crippen molar-refractivity contribution in [1.29, 1.82) is 0 Å². The van der Waals surface area contributed by atoms with Crippen LogP contribution in [0, 0.1) is 11.6 Å². The molecule has 3 nitrogen and oxygen atoms in total. The fourth-order valence-corrected chi connectivity index (χ4v) is 2.40. The third-order valence-electron chi connectivity index (χ3n) is 3.36. The minimum Gasteiger partial charge on any atom is -0.337 e. The largest absolute Gasteiger partial charge is 0.337 e. The Balaban J connectivity index is 0.00000200. The highest BCUT2D eigenvalue weighted by atomic mass is 35.5. The van der Waals surface area contributed by atoms with Gasteiger partial charge in [0.1, 0.15) is 11.6 Å². The Morgan fingerprint density at radius 1 is 1.40 bits per heavy atom. The third-order valence-corrected chi connectivity index (χ3v) is 3.65. The number of nitrogens with zero attached hydrogens (tertiary/aromatic N) is 1. The summed E-state index contributed by atoms with van der Waals surface area (Å²) in [5.41, 5.74) is -0.265. The maximum Gasteiger partial charge on any atom is 0.256 e. The average Bonchev–Trinajstić information content (AvgIpc) is 2.42. The monoisotopic (exact) mass is 324 g/mol. The molecule has 0 aromatic heterocycles. The lowest BCUT2D eigenvalue weighted by atomic mass is 10.0. The van der Waals surface area contributed by atoms with Gasteiger partial charge in [0, 0.05) is 19.1 Å². The normalized spacial score (nSPS) is 18.6. The second-order valence-electron chi connectivity index (χ2n) is 4.63. The van der Waals surface area contributed by atoms with Crippen molar-refractivity contribution in [2.24, 2.45) is 0 Å². The molecule has 0 aliphatic carbocycles. The maximum absolute atomic E-state index is 13.7. The molecule has 1 saturated heterocycles. The van der Waals surface area contributed by atoms with Gasteiger partial charge < -0.3 is 10.2 Å². The first kappa shape index (κ1) is 17.1. The SMILES string of the molecule is CNC1CCCN(C(=O)c2cc(F)c(Cl)cc2F)C1.Cl. The zero-order chi connectivity index (χ0) is 14.0. The van der Waals surface area contributed by atoms with Gasteiger partial charge >= 0.3 is 0 Å². The molecule has 1 fully saturated rings. The van der Waals surface area contributed by atoms with Gasteiger partial charge in [0.25, 0.3) is 5.91 Å². The highest BCUT2D eigenvalue weighted by Gasteiger charge is 2.26. The molecule has 0 radical (unpaired) electrons. The van der Waals surface area contributed by atoms with Crippen molar-refractivity contribution in [3.8, 4) is 0 Å². The second-order valence-corrected chi connectivity index (χ2v) is 5.03. The number of nitrogens with one attached hydrogen (secondary N) is 1. The van der Waals surface area contributed by atoms with Crippen LogP contribution in [0.1, 0.15) is 23.2 Å². The fraction of sp³-hybridized carbons (Fsp3) is 0.462. The molecule has 20 heavy (non-hydrogen) atoms. The van der Waals surface area contributed by atoms with Crippen molar-refractivity contribution in [2.75, 3.05) is 20.1 Å². The number of rotatable bonds is 2. The summed E-state index contributed by atoms with van der Waals surface area (Å²) in [6.45, 7) is 1.06. The first-order valence-corrected chi connectivity index (χ1v) is 6.51. The van der Waals surface area contributed by atoms with E-state index in [2.05, 4.69) is 5.32 Å². The van der Waals surface area contributed by atoms with Gasteiger partial charge in [-0.2, -0.15) is 0 Å². The lowest BCUT2D eigenvalue weighted by molar-refractivity contribution is 0.0693. The van der Waals surface area contributed by atoms with Crippen molar-refractivity contribution < 1.29 is 13.6 Å². The van der Waals surface area contributed by atoms with E-state index in [4.69, 9.17) is 11.6 Å². The van der Waals surface area contributed by atoms with Gasteiger partial charge in [-0.25, -0.2) is 8.78 Å². The first-order valence-electron chi connectivity index (χ1n) is 6.14. The Labute approximate surface area is 127 Å². The van der Waals surface area contributed by atoms with Gasteiger partial charge in [-0.1, -0.05) is 11.6 Å². The van der Waals surface area contributed by atoms with Crippen LogP contribution in [-0.4, -0.2) is 37.0 Å². The summed E-state index contributed by atoms with van der Waals surface area (Å²) in [6, 6.07) is 1.89. The van der Waals surface area contributed by atoms with Crippen LogP contribution in [-0.2, 0) is 0 Å². The topological polar surface area (TPSA) is 32.3 Å². The summed E-state index contributed by atoms with van der Waals surface area (Å²) in [5.74, 6) is -2.07. The van der Waals surface area contributed by atoms with Crippen molar-refractivity contribution in [2.45, 2.75) is 18.9 Å². The van der Waals surface area contributed by atoms with Crippen molar-refractivity contribution in [3.05, 3.63) is 34.4 Å². The van der Waals surface area contributed by atoms with E-state index in [0.717, 1.165) is 25.0 Å². The minimum absolute atomic E-state index is 0. The predicted octanol–water partition coefficient (Wildman–Crippen LogP) is 2.86. The minimum atomic E-state index is -0.789. The molecule has 1 amide bonds. The zero-order valence-corrected chi connectivity index (χ0v) is 12.5. The molecule has 1 atom stereocenters. The fourth-order valence-electron chi connectivity index (χ4n) is 2.25. The molecule has 0 bridgehead atoms. The van der Waals surface area contributed by atoms with Crippen LogP contribution in [0.15, 0.2) is 12.1 Å². The predicted molar refractivity (Wildman–Crippen MR) is 76.6 cm³/mol. The van der Waals surface area contributed by atoms with E-state index in [1.165, 1.54) is 4.90 Å². The van der Waals surface area contributed by atoms with E-state index in [0.29, 0.717) is 13.1 Å². The molecule has 0 spiro atoms. The van der Waals surface area contributed by atoms with Crippen LogP contribution in [0.4, 0.5) is 8.78 Å². The lowest BCUT2D eigenvalue weighted by Crippen LogP contribution is -2.47. The van der Waals surface area contributed by atoms with E-state index in [1.807, 2.05) is 7.05 Å². The Morgan fingerprint density at radius 3 is 2.75 bits per heavy atom. The van der Waals surface area contributed by atoms with Gasteiger partial charge in [0.2, 0.25) is 0 Å². The molecule has 112 valence electrons. The number of likely N-dealkylation sites (N-methyl/N-ethyl adjacent to an activating group) is 1.